The van der Waals surface area contributed by atoms with E-state index in [1.165, 1.54) is 18.4 Å². The number of carbonyl (C=O) groups excluding carboxylic acids is 1. The molecule has 0 radical (unpaired) electrons. The number of rotatable bonds is 5. The Morgan fingerprint density at radius 3 is 2.52 bits per heavy atom. The van der Waals surface area contributed by atoms with Gasteiger partial charge in [-0.2, -0.15) is 0 Å². The number of methoxy groups -OCH3 is 1. The molecule has 31 heavy (non-hydrogen) atoms. The van der Waals surface area contributed by atoms with Crippen LogP contribution in [0.4, 0.5) is 0 Å². The summed E-state index contributed by atoms with van der Waals surface area (Å²) in [5.41, 5.74) is 2.70. The number of esters is 1. The first kappa shape index (κ1) is 21.3. The van der Waals surface area contributed by atoms with Crippen LogP contribution in [-0.4, -0.2) is 23.9 Å². The van der Waals surface area contributed by atoms with Crippen LogP contribution >= 0.6 is 23.1 Å². The second-order valence-corrected chi connectivity index (χ2v) is 8.86. The molecule has 2 aromatic carbocycles. The molecule has 0 unspecified atom stereocenters. The molecule has 2 heterocycles. The fourth-order valence-corrected chi connectivity index (χ4v) is 5.09. The second kappa shape index (κ2) is 9.08. The van der Waals surface area contributed by atoms with Crippen molar-refractivity contribution in [1.29, 1.82) is 0 Å². The van der Waals surface area contributed by atoms with Gasteiger partial charge in [0, 0.05) is 4.90 Å². The highest BCUT2D eigenvalue weighted by Gasteiger charge is 2.33. The number of ether oxygens (including phenoxy) is 1. The summed E-state index contributed by atoms with van der Waals surface area (Å²) in [7, 11) is 1.36. The lowest BCUT2D eigenvalue weighted by atomic mass is 9.95. The Kier molecular flexibility index (Phi) is 6.25. The molecule has 1 aromatic heterocycles. The number of carbonyl (C=O) groups is 1. The molecule has 0 saturated heterocycles. The number of thiazole rings is 1. The Labute approximate surface area is 188 Å². The molecule has 7 heteroatoms. The van der Waals surface area contributed by atoms with Gasteiger partial charge in [0.2, 0.25) is 0 Å². The van der Waals surface area contributed by atoms with Gasteiger partial charge in [-0.1, -0.05) is 60.7 Å². The summed E-state index contributed by atoms with van der Waals surface area (Å²) in [6.07, 6.45) is 4.47. The van der Waals surface area contributed by atoms with Crippen molar-refractivity contribution in [3.63, 3.8) is 0 Å². The van der Waals surface area contributed by atoms with E-state index in [9.17, 15) is 9.59 Å². The van der Waals surface area contributed by atoms with Gasteiger partial charge in [-0.25, -0.2) is 9.79 Å². The number of thioether (sulfide) groups is 1. The zero-order valence-corrected chi connectivity index (χ0v) is 19.1. The molecule has 5 nitrogen and oxygen atoms in total. The third-order valence-electron chi connectivity index (χ3n) is 5.18. The summed E-state index contributed by atoms with van der Waals surface area (Å²) in [5.74, 6) is -0.462. The molecule has 0 spiro atoms. The molecule has 158 valence electrons. The van der Waals surface area contributed by atoms with Crippen LogP contribution in [0.1, 0.15) is 30.5 Å². The van der Waals surface area contributed by atoms with E-state index in [4.69, 9.17) is 4.74 Å². The minimum Gasteiger partial charge on any atom is -0.466 e. The molecule has 0 saturated carbocycles. The maximum Gasteiger partial charge on any atom is 0.338 e. The van der Waals surface area contributed by atoms with Gasteiger partial charge in [0.1, 0.15) is 0 Å². The van der Waals surface area contributed by atoms with Crippen molar-refractivity contribution < 1.29 is 9.53 Å². The van der Waals surface area contributed by atoms with Crippen molar-refractivity contribution in [2.75, 3.05) is 13.4 Å². The van der Waals surface area contributed by atoms with Crippen LogP contribution in [0.3, 0.4) is 0 Å². The molecular weight excluding hydrogens is 428 g/mol. The Balaban J connectivity index is 1.95. The normalized spacial score (nSPS) is 16.1. The van der Waals surface area contributed by atoms with Gasteiger partial charge < -0.3 is 4.74 Å². The highest BCUT2D eigenvalue weighted by molar-refractivity contribution is 7.98. The van der Waals surface area contributed by atoms with Crippen LogP contribution in [0.25, 0.3) is 6.08 Å². The van der Waals surface area contributed by atoms with E-state index in [0.29, 0.717) is 27.0 Å². The molecule has 3 aromatic rings. The lowest BCUT2D eigenvalue weighted by Gasteiger charge is -2.25. The van der Waals surface area contributed by atoms with Gasteiger partial charge in [0.05, 0.1) is 29.0 Å². The molecule has 0 aliphatic carbocycles. The lowest BCUT2D eigenvalue weighted by Crippen LogP contribution is -2.40. The van der Waals surface area contributed by atoms with Crippen molar-refractivity contribution in [3.8, 4) is 0 Å². The van der Waals surface area contributed by atoms with Gasteiger partial charge in [0.15, 0.2) is 4.80 Å². The standard InChI is InChI=1S/C24H22N2O3S2/c1-4-18-20(23(28)29-2)21(16-8-6-5-7-9-16)26-22(27)19(31-24(26)25-18)14-15-10-12-17(30-3)13-11-15/h5-14,21H,4H2,1-3H3/b19-14-/t21-/m0/s1. The third-order valence-corrected chi connectivity index (χ3v) is 6.91. The predicted molar refractivity (Wildman–Crippen MR) is 125 cm³/mol. The van der Waals surface area contributed by atoms with Crippen LogP contribution in [0, 0.1) is 0 Å². The van der Waals surface area contributed by atoms with Crippen LogP contribution in [0.2, 0.25) is 0 Å². The lowest BCUT2D eigenvalue weighted by molar-refractivity contribution is -0.136. The second-order valence-electron chi connectivity index (χ2n) is 6.97. The number of nitrogens with zero attached hydrogens (tertiary/aromatic N) is 2. The van der Waals surface area contributed by atoms with E-state index < -0.39 is 12.0 Å². The van der Waals surface area contributed by atoms with Crippen LogP contribution in [-0.2, 0) is 9.53 Å². The summed E-state index contributed by atoms with van der Waals surface area (Å²) in [6, 6.07) is 17.0. The molecule has 0 bridgehead atoms. The fourth-order valence-electron chi connectivity index (χ4n) is 3.67. The van der Waals surface area contributed by atoms with E-state index in [0.717, 1.165) is 16.0 Å². The van der Waals surface area contributed by atoms with Crippen LogP contribution in [0.5, 0.6) is 0 Å². The van der Waals surface area contributed by atoms with Crippen molar-refractivity contribution in [1.82, 2.24) is 4.57 Å². The first-order valence-electron chi connectivity index (χ1n) is 9.89. The van der Waals surface area contributed by atoms with Crippen LogP contribution in [0.15, 0.2) is 80.5 Å². The molecule has 0 N–H and O–H groups in total. The summed E-state index contributed by atoms with van der Waals surface area (Å²) >= 11 is 3.02. The number of aromatic nitrogens is 1. The Hall–Kier alpha value is -2.90. The van der Waals surface area contributed by atoms with Gasteiger partial charge in [0.25, 0.3) is 5.56 Å². The Bertz CT molecular complexity index is 1320. The summed E-state index contributed by atoms with van der Waals surface area (Å²) < 4.78 is 7.27. The first-order valence-corrected chi connectivity index (χ1v) is 11.9. The number of hydrogen-bond donors (Lipinski definition) is 0. The highest BCUT2D eigenvalue weighted by Crippen LogP contribution is 2.31. The van der Waals surface area contributed by atoms with Crippen molar-refractivity contribution in [2.24, 2.45) is 4.99 Å². The molecule has 4 rings (SSSR count). The smallest absolute Gasteiger partial charge is 0.338 e. The van der Waals surface area contributed by atoms with Gasteiger partial charge in [-0.15, -0.1) is 11.8 Å². The van der Waals surface area contributed by atoms with Gasteiger partial charge >= 0.3 is 5.97 Å². The highest BCUT2D eigenvalue weighted by atomic mass is 32.2. The average molecular weight is 451 g/mol. The van der Waals surface area contributed by atoms with Gasteiger partial charge in [-0.3, -0.25) is 9.36 Å². The molecule has 0 amide bonds. The number of hydrogen-bond acceptors (Lipinski definition) is 6. The molecule has 1 atom stereocenters. The van der Waals surface area contributed by atoms with E-state index in [-0.39, 0.29) is 5.56 Å². The first-order chi connectivity index (χ1) is 15.1. The summed E-state index contributed by atoms with van der Waals surface area (Å²) in [5, 5.41) is 0. The molecular formula is C24H22N2O3S2. The van der Waals surface area contributed by atoms with Crippen molar-refractivity contribution >= 4 is 35.1 Å². The minimum atomic E-state index is -0.569. The van der Waals surface area contributed by atoms with E-state index in [1.807, 2.05) is 73.9 Å². The molecule has 1 aliphatic rings. The molecule has 1 aliphatic heterocycles. The monoisotopic (exact) mass is 450 g/mol. The van der Waals surface area contributed by atoms with E-state index >= 15 is 0 Å². The SMILES string of the molecule is CCC1=C(C(=O)OC)[C@H](c2ccccc2)n2c(s/c(=C\c3ccc(SC)cc3)c2=O)=N1. The van der Waals surface area contributed by atoms with Gasteiger partial charge in [-0.05, 0) is 42.0 Å². The maximum absolute atomic E-state index is 13.5. The zero-order chi connectivity index (χ0) is 22.0. The number of allylic oxidation sites excluding steroid dienone is 1. The average Bonchev–Trinajstić information content (AvgIpc) is 3.13. The number of fused-ring (bicyclic) bond motifs is 1. The fraction of sp³-hybridized carbons (Fsp3) is 0.208. The Morgan fingerprint density at radius 1 is 1.19 bits per heavy atom. The third kappa shape index (κ3) is 4.03. The predicted octanol–water partition coefficient (Wildman–Crippen LogP) is 3.52. The van der Waals surface area contributed by atoms with E-state index in [1.54, 1.807) is 16.3 Å². The quantitative estimate of drug-likeness (QED) is 0.441. The van der Waals surface area contributed by atoms with Crippen LogP contribution < -0.4 is 14.9 Å². The largest absolute Gasteiger partial charge is 0.466 e. The van der Waals surface area contributed by atoms with E-state index in [2.05, 4.69) is 4.99 Å². The summed E-state index contributed by atoms with van der Waals surface area (Å²) in [4.78, 5) is 32.7. The maximum atomic E-state index is 13.5. The summed E-state index contributed by atoms with van der Waals surface area (Å²) in [6.45, 7) is 1.95. The minimum absolute atomic E-state index is 0.164. The molecule has 0 fully saturated rings. The topological polar surface area (TPSA) is 60.7 Å². The zero-order valence-electron chi connectivity index (χ0n) is 17.5. The van der Waals surface area contributed by atoms with Crippen molar-refractivity contribution in [3.05, 3.63) is 96.7 Å². The van der Waals surface area contributed by atoms with Crippen molar-refractivity contribution in [2.45, 2.75) is 24.3 Å². The Morgan fingerprint density at radius 2 is 1.90 bits per heavy atom. The number of benzene rings is 2.